The number of ether oxygens (including phenoxy) is 1. The zero-order valence-corrected chi connectivity index (χ0v) is 16.6. The largest absolute Gasteiger partial charge is 0.491 e. The Hall–Kier alpha value is -3.41. The van der Waals surface area contributed by atoms with Gasteiger partial charge in [0, 0.05) is 24.0 Å². The standard InChI is InChI=1S/C23H24N4O2/c1-16(2)29-19-11-9-18(10-12-19)26-23(28)20-14-22(25-15-24-20)27-13-5-7-17-6-3-4-8-21(17)27/h3-4,6,8-12,14-16H,5,7,13H2,1-2H3,(H,26,28). The summed E-state index contributed by atoms with van der Waals surface area (Å²) in [4.78, 5) is 23.4. The van der Waals surface area contributed by atoms with Crippen LogP contribution in [0.15, 0.2) is 60.9 Å². The molecule has 0 spiro atoms. The molecule has 0 unspecified atom stereocenters. The number of carbonyl (C=O) groups is 1. The number of hydrogen-bond donors (Lipinski definition) is 1. The molecule has 0 radical (unpaired) electrons. The molecule has 29 heavy (non-hydrogen) atoms. The summed E-state index contributed by atoms with van der Waals surface area (Å²) >= 11 is 0. The number of amides is 1. The fraction of sp³-hybridized carbons (Fsp3) is 0.261. The van der Waals surface area contributed by atoms with Gasteiger partial charge in [0.1, 0.15) is 23.6 Å². The van der Waals surface area contributed by atoms with E-state index in [1.807, 2.05) is 44.2 Å². The van der Waals surface area contributed by atoms with Gasteiger partial charge in [0.2, 0.25) is 0 Å². The van der Waals surface area contributed by atoms with Gasteiger partial charge >= 0.3 is 0 Å². The molecule has 0 aliphatic carbocycles. The molecule has 1 aromatic heterocycles. The number of aromatic nitrogens is 2. The first kappa shape index (κ1) is 18.9. The Morgan fingerprint density at radius 1 is 1.10 bits per heavy atom. The first-order chi connectivity index (χ1) is 14.1. The maximum Gasteiger partial charge on any atom is 0.274 e. The van der Waals surface area contributed by atoms with E-state index in [1.54, 1.807) is 6.07 Å². The van der Waals surface area contributed by atoms with Crippen molar-refractivity contribution in [2.75, 3.05) is 16.8 Å². The predicted molar refractivity (Wildman–Crippen MR) is 114 cm³/mol. The lowest BCUT2D eigenvalue weighted by molar-refractivity contribution is 0.102. The van der Waals surface area contributed by atoms with E-state index in [0.717, 1.165) is 36.6 Å². The van der Waals surface area contributed by atoms with Crippen LogP contribution in [-0.2, 0) is 6.42 Å². The highest BCUT2D eigenvalue weighted by molar-refractivity contribution is 6.03. The Kier molecular flexibility index (Phi) is 5.42. The molecule has 1 aliphatic heterocycles. The van der Waals surface area contributed by atoms with Crippen LogP contribution in [0.1, 0.15) is 36.3 Å². The van der Waals surface area contributed by atoms with Crippen molar-refractivity contribution in [3.05, 3.63) is 72.2 Å². The highest BCUT2D eigenvalue weighted by Gasteiger charge is 2.20. The molecular formula is C23H24N4O2. The minimum absolute atomic E-state index is 0.106. The highest BCUT2D eigenvalue weighted by Crippen LogP contribution is 2.32. The van der Waals surface area contributed by atoms with Gasteiger partial charge in [-0.05, 0) is 62.6 Å². The molecule has 0 saturated heterocycles. The second kappa shape index (κ2) is 8.31. The Bertz CT molecular complexity index is 1000. The minimum atomic E-state index is -0.267. The summed E-state index contributed by atoms with van der Waals surface area (Å²) < 4.78 is 5.63. The molecule has 148 valence electrons. The number of hydrogen-bond acceptors (Lipinski definition) is 5. The third kappa shape index (κ3) is 4.37. The number of nitrogens with zero attached hydrogens (tertiary/aromatic N) is 3. The summed E-state index contributed by atoms with van der Waals surface area (Å²) in [6.45, 7) is 4.82. The Morgan fingerprint density at radius 2 is 1.90 bits per heavy atom. The van der Waals surface area contributed by atoms with Crippen molar-refractivity contribution in [1.82, 2.24) is 9.97 Å². The molecule has 6 heteroatoms. The van der Waals surface area contributed by atoms with Gasteiger partial charge in [0.25, 0.3) is 5.91 Å². The van der Waals surface area contributed by atoms with Crippen LogP contribution in [0.3, 0.4) is 0 Å². The van der Waals surface area contributed by atoms with Crippen molar-refractivity contribution in [3.8, 4) is 5.75 Å². The monoisotopic (exact) mass is 388 g/mol. The number of benzene rings is 2. The number of nitrogens with one attached hydrogen (secondary N) is 1. The van der Waals surface area contributed by atoms with E-state index in [4.69, 9.17) is 4.74 Å². The molecule has 2 aromatic carbocycles. The number of fused-ring (bicyclic) bond motifs is 1. The van der Waals surface area contributed by atoms with Crippen molar-refractivity contribution < 1.29 is 9.53 Å². The van der Waals surface area contributed by atoms with Crippen molar-refractivity contribution in [2.45, 2.75) is 32.8 Å². The summed E-state index contributed by atoms with van der Waals surface area (Å²) in [6, 6.07) is 17.4. The summed E-state index contributed by atoms with van der Waals surface area (Å²) in [7, 11) is 0. The molecule has 2 heterocycles. The predicted octanol–water partition coefficient (Wildman–Crippen LogP) is 4.60. The quantitative estimate of drug-likeness (QED) is 0.692. The van der Waals surface area contributed by atoms with Gasteiger partial charge in [-0.25, -0.2) is 9.97 Å². The molecule has 1 amide bonds. The summed E-state index contributed by atoms with van der Waals surface area (Å²) in [6.07, 6.45) is 3.66. The van der Waals surface area contributed by atoms with Crippen molar-refractivity contribution in [2.24, 2.45) is 0 Å². The molecule has 0 fully saturated rings. The van der Waals surface area contributed by atoms with Crippen molar-refractivity contribution in [1.29, 1.82) is 0 Å². The molecule has 4 rings (SSSR count). The van der Waals surface area contributed by atoms with Gasteiger partial charge in [0.15, 0.2) is 0 Å². The van der Waals surface area contributed by atoms with E-state index in [-0.39, 0.29) is 12.0 Å². The van der Waals surface area contributed by atoms with Gasteiger partial charge < -0.3 is 15.0 Å². The third-order valence-electron chi connectivity index (χ3n) is 4.76. The van der Waals surface area contributed by atoms with Crippen LogP contribution in [0.2, 0.25) is 0 Å². The fourth-order valence-electron chi connectivity index (χ4n) is 3.47. The van der Waals surface area contributed by atoms with Crippen LogP contribution in [0.4, 0.5) is 17.2 Å². The van der Waals surface area contributed by atoms with Gasteiger partial charge in [-0.3, -0.25) is 4.79 Å². The van der Waals surface area contributed by atoms with Gasteiger partial charge in [0.05, 0.1) is 6.10 Å². The fourth-order valence-corrected chi connectivity index (χ4v) is 3.47. The van der Waals surface area contributed by atoms with Crippen LogP contribution in [0, 0.1) is 0 Å². The highest BCUT2D eigenvalue weighted by atomic mass is 16.5. The van der Waals surface area contributed by atoms with E-state index in [2.05, 4.69) is 38.4 Å². The van der Waals surface area contributed by atoms with E-state index in [0.29, 0.717) is 11.4 Å². The molecule has 0 bridgehead atoms. The van der Waals surface area contributed by atoms with Gasteiger partial charge in [-0.2, -0.15) is 0 Å². The maximum absolute atomic E-state index is 12.7. The number of aryl methyl sites for hydroxylation is 1. The number of rotatable bonds is 5. The SMILES string of the molecule is CC(C)Oc1ccc(NC(=O)c2cc(N3CCCc4ccccc43)ncn2)cc1. The average Bonchev–Trinajstić information content (AvgIpc) is 2.74. The Balaban J connectivity index is 1.51. The van der Waals surface area contributed by atoms with Crippen molar-refractivity contribution in [3.63, 3.8) is 0 Å². The molecule has 3 aromatic rings. The molecule has 0 atom stereocenters. The second-order valence-corrected chi connectivity index (χ2v) is 7.29. The lowest BCUT2D eigenvalue weighted by atomic mass is 10.0. The van der Waals surface area contributed by atoms with E-state index < -0.39 is 0 Å². The van der Waals surface area contributed by atoms with Gasteiger partial charge in [-0.1, -0.05) is 18.2 Å². The van der Waals surface area contributed by atoms with Crippen LogP contribution >= 0.6 is 0 Å². The third-order valence-corrected chi connectivity index (χ3v) is 4.76. The summed E-state index contributed by atoms with van der Waals surface area (Å²) in [5.74, 6) is 1.24. The normalized spacial score (nSPS) is 13.1. The summed E-state index contributed by atoms with van der Waals surface area (Å²) in [5.41, 5.74) is 3.46. The smallest absolute Gasteiger partial charge is 0.274 e. The number of anilines is 3. The number of para-hydroxylation sites is 1. The van der Waals surface area contributed by atoms with Crippen molar-refractivity contribution >= 4 is 23.1 Å². The molecule has 0 saturated carbocycles. The van der Waals surface area contributed by atoms with E-state index >= 15 is 0 Å². The summed E-state index contributed by atoms with van der Waals surface area (Å²) in [5, 5.41) is 2.88. The number of carbonyl (C=O) groups excluding carboxylic acids is 1. The lowest BCUT2D eigenvalue weighted by Gasteiger charge is -2.30. The van der Waals surface area contributed by atoms with Crippen LogP contribution in [0.25, 0.3) is 0 Å². The maximum atomic E-state index is 12.7. The molecule has 6 nitrogen and oxygen atoms in total. The molecule has 1 N–H and O–H groups in total. The lowest BCUT2D eigenvalue weighted by Crippen LogP contribution is -2.26. The second-order valence-electron chi connectivity index (χ2n) is 7.29. The molecule has 1 aliphatic rings. The zero-order valence-electron chi connectivity index (χ0n) is 16.6. The van der Waals surface area contributed by atoms with Crippen LogP contribution in [0.5, 0.6) is 5.75 Å². The van der Waals surface area contributed by atoms with E-state index in [9.17, 15) is 4.79 Å². The zero-order chi connectivity index (χ0) is 20.2. The first-order valence-corrected chi connectivity index (χ1v) is 9.86. The van der Waals surface area contributed by atoms with Crippen LogP contribution in [-0.4, -0.2) is 28.5 Å². The Labute approximate surface area is 170 Å². The van der Waals surface area contributed by atoms with E-state index in [1.165, 1.54) is 11.9 Å². The first-order valence-electron chi connectivity index (χ1n) is 9.86. The van der Waals surface area contributed by atoms with Crippen LogP contribution < -0.4 is 15.0 Å². The Morgan fingerprint density at radius 3 is 2.69 bits per heavy atom. The topological polar surface area (TPSA) is 67.3 Å². The molecular weight excluding hydrogens is 364 g/mol. The van der Waals surface area contributed by atoms with Gasteiger partial charge in [-0.15, -0.1) is 0 Å². The minimum Gasteiger partial charge on any atom is -0.491 e. The average molecular weight is 388 g/mol.